The Balaban J connectivity index is 2.08. The average molecular weight is 393 g/mol. The van der Waals surface area contributed by atoms with Crippen LogP contribution in [0.5, 0.6) is 11.5 Å². The van der Waals surface area contributed by atoms with Crippen LogP contribution in [0.1, 0.15) is 57.6 Å². The molecule has 4 heteroatoms. The standard InChI is InChI=1S/C22H26Cl2O2/c1-21(2,3)14-8-10-22(11-9-14,15-4-6-19(25)17(23)12-15)16-5-7-20(26)18(24)13-16/h4-7,12-14,25-26H,8-11H2,1-3H3. The summed E-state index contributed by atoms with van der Waals surface area (Å²) in [5.74, 6) is 0.853. The monoisotopic (exact) mass is 392 g/mol. The van der Waals surface area contributed by atoms with Crippen molar-refractivity contribution in [3.63, 3.8) is 0 Å². The fourth-order valence-electron chi connectivity index (χ4n) is 4.33. The molecule has 0 aliphatic heterocycles. The van der Waals surface area contributed by atoms with Crippen LogP contribution in [0.25, 0.3) is 0 Å². The molecule has 1 fully saturated rings. The molecular formula is C22H26Cl2O2. The quantitative estimate of drug-likeness (QED) is 0.581. The van der Waals surface area contributed by atoms with Gasteiger partial charge in [-0.15, -0.1) is 0 Å². The van der Waals surface area contributed by atoms with Crippen LogP contribution in [0.4, 0.5) is 0 Å². The van der Waals surface area contributed by atoms with Gasteiger partial charge >= 0.3 is 0 Å². The topological polar surface area (TPSA) is 40.5 Å². The van der Waals surface area contributed by atoms with Crippen molar-refractivity contribution >= 4 is 23.2 Å². The molecule has 0 unspecified atom stereocenters. The molecule has 26 heavy (non-hydrogen) atoms. The van der Waals surface area contributed by atoms with Crippen molar-refractivity contribution in [2.24, 2.45) is 11.3 Å². The Kier molecular flexibility index (Phi) is 5.20. The van der Waals surface area contributed by atoms with Crippen molar-refractivity contribution in [1.29, 1.82) is 0 Å². The van der Waals surface area contributed by atoms with Crippen LogP contribution in [0, 0.1) is 11.3 Å². The van der Waals surface area contributed by atoms with Gasteiger partial charge in [-0.1, -0.05) is 56.1 Å². The van der Waals surface area contributed by atoms with Gasteiger partial charge in [-0.2, -0.15) is 0 Å². The molecule has 1 saturated carbocycles. The Morgan fingerprint density at radius 2 is 1.27 bits per heavy atom. The summed E-state index contributed by atoms with van der Waals surface area (Å²) >= 11 is 12.4. The molecule has 0 radical (unpaired) electrons. The van der Waals surface area contributed by atoms with Gasteiger partial charge in [-0.3, -0.25) is 0 Å². The van der Waals surface area contributed by atoms with Crippen LogP contribution in [-0.2, 0) is 5.41 Å². The summed E-state index contributed by atoms with van der Waals surface area (Å²) in [6, 6.07) is 11.0. The van der Waals surface area contributed by atoms with E-state index in [4.69, 9.17) is 23.2 Å². The van der Waals surface area contributed by atoms with Gasteiger partial charge < -0.3 is 10.2 Å². The molecule has 2 aromatic carbocycles. The van der Waals surface area contributed by atoms with Crippen molar-refractivity contribution in [2.75, 3.05) is 0 Å². The third kappa shape index (κ3) is 3.54. The zero-order chi connectivity index (χ0) is 19.1. The second kappa shape index (κ2) is 6.98. The Bertz CT molecular complexity index is 747. The normalized spacial score (nSPS) is 18.0. The molecule has 0 amide bonds. The first-order chi connectivity index (χ1) is 12.1. The lowest BCUT2D eigenvalue weighted by atomic mass is 9.59. The predicted octanol–water partition coefficient (Wildman–Crippen LogP) is 6.93. The van der Waals surface area contributed by atoms with Crippen LogP contribution in [-0.4, -0.2) is 10.2 Å². The summed E-state index contributed by atoms with van der Waals surface area (Å²) in [4.78, 5) is 0. The molecule has 2 aromatic rings. The third-order valence-corrected chi connectivity index (χ3v) is 6.67. The summed E-state index contributed by atoms with van der Waals surface area (Å²) in [5, 5.41) is 20.4. The van der Waals surface area contributed by atoms with Gasteiger partial charge in [0.25, 0.3) is 0 Å². The molecule has 0 atom stereocenters. The molecule has 2 nitrogen and oxygen atoms in total. The molecule has 0 aromatic heterocycles. The van der Waals surface area contributed by atoms with E-state index in [-0.39, 0.29) is 22.3 Å². The van der Waals surface area contributed by atoms with E-state index < -0.39 is 0 Å². The van der Waals surface area contributed by atoms with Gasteiger partial charge in [0.1, 0.15) is 11.5 Å². The second-order valence-electron chi connectivity index (χ2n) is 8.55. The Hall–Kier alpha value is -1.38. The maximum atomic E-state index is 9.84. The van der Waals surface area contributed by atoms with Gasteiger partial charge in [0, 0.05) is 5.41 Å². The first-order valence-electron chi connectivity index (χ1n) is 9.11. The number of rotatable bonds is 2. The zero-order valence-corrected chi connectivity index (χ0v) is 17.0. The molecule has 1 aliphatic carbocycles. The summed E-state index contributed by atoms with van der Waals surface area (Å²) in [6.45, 7) is 6.92. The van der Waals surface area contributed by atoms with Crippen LogP contribution in [0.3, 0.4) is 0 Å². The Labute approximate surface area is 165 Å². The van der Waals surface area contributed by atoms with Gasteiger partial charge in [0.05, 0.1) is 10.0 Å². The summed E-state index contributed by atoms with van der Waals surface area (Å²) < 4.78 is 0. The summed E-state index contributed by atoms with van der Waals surface area (Å²) in [6.07, 6.45) is 4.19. The lowest BCUT2D eigenvalue weighted by Crippen LogP contribution is -2.36. The van der Waals surface area contributed by atoms with E-state index in [9.17, 15) is 10.2 Å². The zero-order valence-electron chi connectivity index (χ0n) is 15.5. The third-order valence-electron chi connectivity index (χ3n) is 6.06. The SMILES string of the molecule is CC(C)(C)C1CCC(c2ccc(O)c(Cl)c2)(c2ccc(O)c(Cl)c2)CC1. The van der Waals surface area contributed by atoms with Crippen molar-refractivity contribution in [2.45, 2.75) is 51.9 Å². The van der Waals surface area contributed by atoms with E-state index in [2.05, 4.69) is 20.8 Å². The Morgan fingerprint density at radius 1 is 0.846 bits per heavy atom. The minimum Gasteiger partial charge on any atom is -0.506 e. The molecule has 0 bridgehead atoms. The van der Waals surface area contributed by atoms with Crippen molar-refractivity contribution in [1.82, 2.24) is 0 Å². The van der Waals surface area contributed by atoms with Crippen LogP contribution in [0.2, 0.25) is 10.0 Å². The number of aromatic hydroxyl groups is 2. The minimum absolute atomic E-state index is 0.0951. The van der Waals surface area contributed by atoms with E-state index in [0.717, 1.165) is 36.8 Å². The highest BCUT2D eigenvalue weighted by Crippen LogP contribution is 2.51. The number of halogens is 2. The fourth-order valence-corrected chi connectivity index (χ4v) is 4.69. The first kappa shape index (κ1) is 19.4. The highest BCUT2D eigenvalue weighted by Gasteiger charge is 2.41. The van der Waals surface area contributed by atoms with E-state index >= 15 is 0 Å². The van der Waals surface area contributed by atoms with E-state index in [1.165, 1.54) is 0 Å². The molecule has 140 valence electrons. The van der Waals surface area contributed by atoms with Gasteiger partial charge in [-0.05, 0) is 72.4 Å². The van der Waals surface area contributed by atoms with Crippen molar-refractivity contribution in [3.05, 3.63) is 57.6 Å². The minimum atomic E-state index is -0.212. The molecule has 0 spiro atoms. The summed E-state index contributed by atoms with van der Waals surface area (Å²) in [5.41, 5.74) is 2.26. The van der Waals surface area contributed by atoms with Gasteiger partial charge in [0.15, 0.2) is 0 Å². The highest BCUT2D eigenvalue weighted by atomic mass is 35.5. The fraction of sp³-hybridized carbons (Fsp3) is 0.455. The number of hydrogen-bond donors (Lipinski definition) is 2. The molecular weight excluding hydrogens is 367 g/mol. The predicted molar refractivity (Wildman–Crippen MR) is 108 cm³/mol. The van der Waals surface area contributed by atoms with Crippen LogP contribution >= 0.6 is 23.2 Å². The lowest BCUT2D eigenvalue weighted by molar-refractivity contribution is 0.146. The van der Waals surface area contributed by atoms with Crippen molar-refractivity contribution < 1.29 is 10.2 Å². The first-order valence-corrected chi connectivity index (χ1v) is 9.87. The molecule has 2 N–H and O–H groups in total. The molecule has 0 heterocycles. The number of phenols is 2. The molecule has 3 rings (SSSR count). The second-order valence-corrected chi connectivity index (χ2v) is 9.37. The van der Waals surface area contributed by atoms with Crippen LogP contribution in [0.15, 0.2) is 36.4 Å². The number of phenolic OH excluding ortho intramolecular Hbond substituents is 2. The number of benzene rings is 2. The van der Waals surface area contributed by atoms with Crippen molar-refractivity contribution in [3.8, 4) is 11.5 Å². The lowest BCUT2D eigenvalue weighted by Gasteiger charge is -2.45. The smallest absolute Gasteiger partial charge is 0.134 e. The maximum absolute atomic E-state index is 9.84. The molecule has 0 saturated heterocycles. The Morgan fingerprint density at radius 3 is 1.62 bits per heavy atom. The number of hydrogen-bond acceptors (Lipinski definition) is 2. The highest BCUT2D eigenvalue weighted by molar-refractivity contribution is 6.32. The van der Waals surface area contributed by atoms with E-state index in [0.29, 0.717) is 16.0 Å². The maximum Gasteiger partial charge on any atom is 0.134 e. The van der Waals surface area contributed by atoms with E-state index in [1.54, 1.807) is 12.1 Å². The van der Waals surface area contributed by atoms with Crippen LogP contribution < -0.4 is 0 Å². The molecule has 1 aliphatic rings. The van der Waals surface area contributed by atoms with E-state index in [1.807, 2.05) is 24.3 Å². The van der Waals surface area contributed by atoms with Gasteiger partial charge in [0.2, 0.25) is 0 Å². The average Bonchev–Trinajstić information content (AvgIpc) is 2.59. The largest absolute Gasteiger partial charge is 0.506 e. The van der Waals surface area contributed by atoms with Gasteiger partial charge in [-0.25, -0.2) is 0 Å². The summed E-state index contributed by atoms with van der Waals surface area (Å²) in [7, 11) is 0.